The number of ether oxygens (including phenoxy) is 3. The maximum absolute atomic E-state index is 14.2. The Morgan fingerprint density at radius 3 is 2.49 bits per heavy atom. The summed E-state index contributed by atoms with van der Waals surface area (Å²) in [6.07, 6.45) is 0.960. The Morgan fingerprint density at radius 2 is 1.86 bits per heavy atom. The van der Waals surface area contributed by atoms with Gasteiger partial charge in [0, 0.05) is 24.1 Å². The van der Waals surface area contributed by atoms with E-state index in [1.807, 2.05) is 0 Å². The van der Waals surface area contributed by atoms with Crippen LogP contribution in [-0.4, -0.2) is 55.0 Å². The molecule has 1 aliphatic heterocycles. The van der Waals surface area contributed by atoms with Gasteiger partial charge in [-0.1, -0.05) is 18.2 Å². The van der Waals surface area contributed by atoms with Crippen LogP contribution in [0.2, 0.25) is 0 Å². The minimum Gasteiger partial charge on any atom is -0.462 e. The van der Waals surface area contributed by atoms with E-state index in [-0.39, 0.29) is 24.6 Å². The normalized spacial score (nSPS) is 16.6. The lowest BCUT2D eigenvalue weighted by molar-refractivity contribution is -0.149. The maximum atomic E-state index is 14.2. The van der Waals surface area contributed by atoms with Crippen molar-refractivity contribution in [2.75, 3.05) is 24.7 Å². The van der Waals surface area contributed by atoms with Crippen molar-refractivity contribution >= 4 is 42.6 Å². The molecule has 3 rings (SSSR count). The Bertz CT molecular complexity index is 1280. The lowest BCUT2D eigenvalue weighted by Gasteiger charge is -2.30. The molecule has 11 heteroatoms. The summed E-state index contributed by atoms with van der Waals surface area (Å²) in [4.78, 5) is 41.9. The number of hydrogen-bond donors (Lipinski definition) is 2. The number of carbonyl (C=O) groups excluding carboxylic acids is 3. The summed E-state index contributed by atoms with van der Waals surface area (Å²) in [6.45, 7) is 10.5. The molecule has 0 saturated heterocycles. The van der Waals surface area contributed by atoms with Crippen molar-refractivity contribution in [1.29, 1.82) is 0 Å². The number of amides is 1. The molecule has 37 heavy (non-hydrogen) atoms. The first kappa shape index (κ1) is 28.4. The van der Waals surface area contributed by atoms with Crippen LogP contribution in [0.3, 0.4) is 0 Å². The van der Waals surface area contributed by atoms with Gasteiger partial charge in [-0.25, -0.2) is 14.6 Å². The van der Waals surface area contributed by atoms with Crippen molar-refractivity contribution in [2.24, 2.45) is 0 Å². The number of methoxy groups -OCH3 is 1. The Kier molecular flexibility index (Phi) is 8.79. The van der Waals surface area contributed by atoms with Gasteiger partial charge in [0.2, 0.25) is 0 Å². The molecule has 1 aromatic carbocycles. The second kappa shape index (κ2) is 11.5. The van der Waals surface area contributed by atoms with Gasteiger partial charge in [0.05, 0.1) is 29.5 Å². The van der Waals surface area contributed by atoms with E-state index in [1.54, 1.807) is 65.0 Å². The van der Waals surface area contributed by atoms with Gasteiger partial charge in [-0.05, 0) is 59.2 Å². The van der Waals surface area contributed by atoms with Crippen LogP contribution < -0.4 is 9.76 Å². The van der Waals surface area contributed by atoms with E-state index in [1.165, 1.54) is 18.7 Å². The SMILES string of the molecule is CCOC(=O)c1c(C)[nH]c(/C=C2\C(=O)N(P(=O)(COC)N[C@@H](C)C(=O)OC(C)C)c3ccccc32)c1C. The van der Waals surface area contributed by atoms with Crippen molar-refractivity contribution in [3.8, 4) is 0 Å². The Labute approximate surface area is 216 Å². The molecule has 2 heterocycles. The fraction of sp³-hybridized carbons (Fsp3) is 0.423. The number of H-pyrrole nitrogens is 1. The van der Waals surface area contributed by atoms with E-state index in [2.05, 4.69) is 10.1 Å². The highest BCUT2D eigenvalue weighted by Gasteiger charge is 2.45. The zero-order valence-corrected chi connectivity index (χ0v) is 23.1. The third kappa shape index (κ3) is 5.71. The second-order valence-corrected chi connectivity index (χ2v) is 11.4. The summed E-state index contributed by atoms with van der Waals surface area (Å²) in [5.74, 6) is -1.57. The van der Waals surface area contributed by atoms with Gasteiger partial charge in [0.25, 0.3) is 13.4 Å². The molecule has 0 bridgehead atoms. The van der Waals surface area contributed by atoms with Crippen molar-refractivity contribution in [2.45, 2.75) is 53.7 Å². The second-order valence-electron chi connectivity index (χ2n) is 9.03. The number of hydrogen-bond acceptors (Lipinski definition) is 7. The zero-order chi connectivity index (χ0) is 27.5. The number of aryl methyl sites for hydroxylation is 1. The van der Waals surface area contributed by atoms with E-state index in [9.17, 15) is 18.9 Å². The molecule has 10 nitrogen and oxygen atoms in total. The van der Waals surface area contributed by atoms with Crippen LogP contribution in [0.5, 0.6) is 0 Å². The first-order valence-electron chi connectivity index (χ1n) is 12.0. The molecule has 0 spiro atoms. The molecule has 1 unspecified atom stereocenters. The monoisotopic (exact) mass is 531 g/mol. The van der Waals surface area contributed by atoms with Crippen LogP contribution in [0, 0.1) is 13.8 Å². The first-order chi connectivity index (χ1) is 17.4. The number of esters is 2. The molecule has 1 aromatic heterocycles. The van der Waals surface area contributed by atoms with Crippen molar-refractivity contribution in [3.05, 3.63) is 52.3 Å². The largest absolute Gasteiger partial charge is 0.462 e. The van der Waals surface area contributed by atoms with Gasteiger partial charge in [0.15, 0.2) is 0 Å². The molecule has 2 N–H and O–H groups in total. The highest BCUT2D eigenvalue weighted by Crippen LogP contribution is 2.55. The van der Waals surface area contributed by atoms with Crippen LogP contribution >= 0.6 is 7.44 Å². The number of benzene rings is 1. The number of carbonyl (C=O) groups is 3. The number of aromatic amines is 1. The molecule has 0 saturated carbocycles. The number of para-hydroxylation sites is 1. The minimum absolute atomic E-state index is 0.241. The van der Waals surface area contributed by atoms with Gasteiger partial charge in [0.1, 0.15) is 12.4 Å². The first-order valence-corrected chi connectivity index (χ1v) is 13.9. The summed E-state index contributed by atoms with van der Waals surface area (Å²) in [5, 5.41) is 2.82. The average Bonchev–Trinajstić information content (AvgIpc) is 3.26. The number of aromatic nitrogens is 1. The summed E-state index contributed by atoms with van der Waals surface area (Å²) < 4.78 is 31.1. The molecule has 2 atom stereocenters. The van der Waals surface area contributed by atoms with Crippen LogP contribution in [0.1, 0.15) is 60.6 Å². The topological polar surface area (TPSA) is 127 Å². The molecule has 0 radical (unpaired) electrons. The smallest absolute Gasteiger partial charge is 0.340 e. The van der Waals surface area contributed by atoms with Crippen LogP contribution in [0.15, 0.2) is 24.3 Å². The number of nitrogens with one attached hydrogen (secondary N) is 2. The molecular formula is C26H34N3O7P. The number of anilines is 1. The van der Waals surface area contributed by atoms with E-state index >= 15 is 0 Å². The van der Waals surface area contributed by atoms with Gasteiger partial charge >= 0.3 is 11.9 Å². The third-order valence-corrected chi connectivity index (χ3v) is 8.26. The lowest BCUT2D eigenvalue weighted by Crippen LogP contribution is -2.41. The minimum atomic E-state index is -3.81. The predicted octanol–water partition coefficient (Wildman–Crippen LogP) is 4.42. The fourth-order valence-corrected chi connectivity index (χ4v) is 6.56. The predicted molar refractivity (Wildman–Crippen MR) is 141 cm³/mol. The summed E-state index contributed by atoms with van der Waals surface area (Å²) in [7, 11) is -2.43. The molecule has 0 fully saturated rings. The molecule has 1 amide bonds. The van der Waals surface area contributed by atoms with Gasteiger partial charge in [-0.3, -0.25) is 14.2 Å². The third-order valence-electron chi connectivity index (χ3n) is 5.82. The summed E-state index contributed by atoms with van der Waals surface area (Å²) in [6, 6.07) is 5.99. The fourth-order valence-electron chi connectivity index (χ4n) is 4.27. The zero-order valence-electron chi connectivity index (χ0n) is 22.2. The maximum Gasteiger partial charge on any atom is 0.340 e. The van der Waals surface area contributed by atoms with Gasteiger partial charge < -0.3 is 19.2 Å². The molecule has 1 aliphatic rings. The van der Waals surface area contributed by atoms with E-state index in [0.29, 0.717) is 33.8 Å². The van der Waals surface area contributed by atoms with Crippen molar-refractivity contribution in [3.63, 3.8) is 0 Å². The molecule has 200 valence electrons. The standard InChI is InChI=1S/C26H34N3O7P/c1-8-35-26(32)23-16(4)21(27-17(23)5)13-20-19-11-9-10-12-22(19)29(24(20)30)37(33,14-34-7)28-18(6)25(31)36-15(2)3/h9-13,15,18,27H,8,14H2,1-7H3,(H,28,33)/b20-13-/t18-,37?/m0/s1. The van der Waals surface area contributed by atoms with Gasteiger partial charge in [-0.15, -0.1) is 0 Å². The van der Waals surface area contributed by atoms with E-state index < -0.39 is 31.3 Å². The average molecular weight is 532 g/mol. The molecule has 2 aromatic rings. The Morgan fingerprint density at radius 1 is 1.19 bits per heavy atom. The Balaban J connectivity index is 2.07. The highest BCUT2D eigenvalue weighted by molar-refractivity contribution is 7.64. The van der Waals surface area contributed by atoms with Crippen LogP contribution in [0.25, 0.3) is 11.6 Å². The van der Waals surface area contributed by atoms with Crippen molar-refractivity contribution < 1.29 is 33.2 Å². The molecule has 0 aliphatic carbocycles. The lowest BCUT2D eigenvalue weighted by atomic mass is 10.0. The van der Waals surface area contributed by atoms with Crippen LogP contribution in [-0.2, 0) is 28.4 Å². The van der Waals surface area contributed by atoms with E-state index in [4.69, 9.17) is 14.2 Å². The summed E-state index contributed by atoms with van der Waals surface area (Å²) >= 11 is 0. The van der Waals surface area contributed by atoms with Crippen molar-refractivity contribution in [1.82, 2.24) is 10.1 Å². The number of rotatable bonds is 10. The quantitative estimate of drug-likeness (QED) is 0.262. The Hall–Kier alpha value is -3.20. The number of nitrogens with zero attached hydrogens (tertiary/aromatic N) is 1. The molecular weight excluding hydrogens is 497 g/mol. The number of fused-ring (bicyclic) bond motifs is 1. The summed E-state index contributed by atoms with van der Waals surface area (Å²) in [5.41, 5.74) is 3.48. The highest BCUT2D eigenvalue weighted by atomic mass is 31.2. The van der Waals surface area contributed by atoms with Crippen LogP contribution in [0.4, 0.5) is 5.69 Å². The van der Waals surface area contributed by atoms with Gasteiger partial charge in [-0.2, -0.15) is 0 Å². The van der Waals surface area contributed by atoms with E-state index in [0.717, 1.165) is 0 Å².